The van der Waals surface area contributed by atoms with Crippen molar-refractivity contribution in [3.8, 4) is 0 Å². The van der Waals surface area contributed by atoms with Gasteiger partial charge in [-0.15, -0.1) is 0 Å². The maximum absolute atomic E-state index is 8.20. The van der Waals surface area contributed by atoms with E-state index in [0.717, 1.165) is 5.56 Å². The quantitative estimate of drug-likeness (QED) is 0.602. The molecule has 1 nitrogen and oxygen atoms in total. The summed E-state index contributed by atoms with van der Waals surface area (Å²) in [6.45, 7) is 1.77. The van der Waals surface area contributed by atoms with E-state index in [0.29, 0.717) is 5.69 Å². The van der Waals surface area contributed by atoms with Crippen molar-refractivity contribution in [2.45, 2.75) is 12.8 Å². The number of aliphatic imine (C=N–C) groups is 1. The minimum absolute atomic E-state index is 0. The van der Waals surface area contributed by atoms with E-state index in [1.54, 1.807) is 13.0 Å². The molecule has 0 aliphatic rings. The summed E-state index contributed by atoms with van der Waals surface area (Å²) >= 11 is 0. The molecular formula is C15H13NY-2. The van der Waals surface area contributed by atoms with Crippen LogP contribution in [0.2, 0.25) is 0 Å². The number of nitrogens with zero attached hydrogens (tertiary/aromatic N) is 1. The first-order valence-corrected chi connectivity index (χ1v) is 5.19. The number of benzene rings is 2. The second-order valence-electron chi connectivity index (χ2n) is 3.46. The summed E-state index contributed by atoms with van der Waals surface area (Å²) in [4.78, 5) is 4.16. The molecule has 0 heterocycles. The van der Waals surface area contributed by atoms with Gasteiger partial charge in [-0.3, -0.25) is 6.07 Å². The van der Waals surface area contributed by atoms with Gasteiger partial charge in [-0.05, 0) is 0 Å². The third kappa shape index (κ3) is 4.53. The molecule has 83 valence electrons. The van der Waals surface area contributed by atoms with Crippen molar-refractivity contribution < 1.29 is 34.1 Å². The predicted octanol–water partition coefficient (Wildman–Crippen LogP) is 3.87. The van der Waals surface area contributed by atoms with Crippen molar-refractivity contribution in [1.82, 2.24) is 0 Å². The predicted molar refractivity (Wildman–Crippen MR) is 67.2 cm³/mol. The summed E-state index contributed by atoms with van der Waals surface area (Å²) < 4.78 is 8.20. The van der Waals surface area contributed by atoms with Crippen molar-refractivity contribution in [3.05, 3.63) is 66.2 Å². The molecule has 1 atom stereocenters. The fourth-order valence-electron chi connectivity index (χ4n) is 1.35. The smallest absolute Gasteiger partial charge is 0.0202 e. The zero-order valence-corrected chi connectivity index (χ0v) is 12.6. The van der Waals surface area contributed by atoms with Crippen LogP contribution in [-0.2, 0) is 32.7 Å². The van der Waals surface area contributed by atoms with Crippen LogP contribution in [0.4, 0.5) is 5.69 Å². The molecule has 0 N–H and O–H groups in total. The SMILES string of the molecule is [2H]C(C)([C-]=Nc1[c-]cccc1)c1ccccc1.[Y]. The molecule has 0 bridgehead atoms. The van der Waals surface area contributed by atoms with E-state index in [2.05, 4.69) is 17.3 Å². The maximum atomic E-state index is 8.20. The molecule has 1 radical (unpaired) electrons. The van der Waals surface area contributed by atoms with Crippen molar-refractivity contribution in [3.63, 3.8) is 0 Å². The van der Waals surface area contributed by atoms with Crippen LogP contribution in [0.15, 0.2) is 59.6 Å². The molecule has 0 aliphatic carbocycles. The summed E-state index contributed by atoms with van der Waals surface area (Å²) in [5, 5.41) is 0. The van der Waals surface area contributed by atoms with Gasteiger partial charge in [-0.1, -0.05) is 48.7 Å². The Kier molecular flexibility index (Phi) is 5.60. The van der Waals surface area contributed by atoms with E-state index in [9.17, 15) is 0 Å². The largest absolute Gasteiger partial charge is 0.481 e. The first-order valence-electron chi connectivity index (χ1n) is 5.69. The van der Waals surface area contributed by atoms with Gasteiger partial charge in [-0.2, -0.15) is 24.4 Å². The van der Waals surface area contributed by atoms with Crippen LogP contribution in [0.3, 0.4) is 0 Å². The van der Waals surface area contributed by atoms with Crippen LogP contribution in [0.25, 0.3) is 0 Å². The van der Waals surface area contributed by atoms with Crippen molar-refractivity contribution in [2.24, 2.45) is 4.99 Å². The molecular weight excluding hydrogens is 283 g/mol. The van der Waals surface area contributed by atoms with Crippen LogP contribution in [-0.4, -0.2) is 6.21 Å². The average Bonchev–Trinajstić information content (AvgIpc) is 2.39. The van der Waals surface area contributed by atoms with E-state index < -0.39 is 5.89 Å². The first-order chi connectivity index (χ1) is 8.18. The fourth-order valence-corrected chi connectivity index (χ4v) is 1.35. The van der Waals surface area contributed by atoms with Gasteiger partial charge in [0.2, 0.25) is 0 Å². The third-order valence-electron chi connectivity index (χ3n) is 2.24. The summed E-state index contributed by atoms with van der Waals surface area (Å²) in [5.41, 5.74) is 1.57. The van der Waals surface area contributed by atoms with Gasteiger partial charge >= 0.3 is 0 Å². The van der Waals surface area contributed by atoms with Crippen molar-refractivity contribution >= 4 is 11.9 Å². The molecule has 2 rings (SSSR count). The molecule has 0 saturated heterocycles. The topological polar surface area (TPSA) is 12.4 Å². The van der Waals surface area contributed by atoms with Gasteiger partial charge in [0, 0.05) is 34.1 Å². The summed E-state index contributed by atoms with van der Waals surface area (Å²) in [6, 6.07) is 20.0. The van der Waals surface area contributed by atoms with Crippen LogP contribution < -0.4 is 0 Å². The molecule has 2 aromatic carbocycles. The molecule has 0 saturated carbocycles. The Hall–Kier alpha value is -0.786. The van der Waals surface area contributed by atoms with E-state index >= 15 is 0 Å². The number of hydrogen-bond donors (Lipinski definition) is 0. The zero-order valence-electron chi connectivity index (χ0n) is 10.7. The van der Waals surface area contributed by atoms with E-state index in [4.69, 9.17) is 1.37 Å². The second-order valence-corrected chi connectivity index (χ2v) is 3.46. The molecule has 0 aromatic heterocycles. The molecule has 17 heavy (non-hydrogen) atoms. The van der Waals surface area contributed by atoms with Gasteiger partial charge in [0.05, 0.1) is 0 Å². The van der Waals surface area contributed by atoms with Crippen LogP contribution in [0.1, 0.15) is 19.8 Å². The molecule has 0 aliphatic heterocycles. The van der Waals surface area contributed by atoms with Crippen LogP contribution >= 0.6 is 0 Å². The normalized spacial score (nSPS) is 14.8. The van der Waals surface area contributed by atoms with Gasteiger partial charge in [0.25, 0.3) is 0 Å². The second kappa shape index (κ2) is 7.52. The Balaban J connectivity index is 0.00000162. The molecule has 0 fully saturated rings. The van der Waals surface area contributed by atoms with Crippen LogP contribution in [0, 0.1) is 6.07 Å². The molecule has 0 amide bonds. The van der Waals surface area contributed by atoms with E-state index in [-0.39, 0.29) is 32.7 Å². The van der Waals surface area contributed by atoms with Gasteiger partial charge in [0.15, 0.2) is 0 Å². The summed E-state index contributed by atoms with van der Waals surface area (Å²) in [7, 11) is 0. The fraction of sp³-hybridized carbons (Fsp3) is 0.133. The summed E-state index contributed by atoms with van der Waals surface area (Å²) in [5.74, 6) is -0.940. The first kappa shape index (κ1) is 12.7. The van der Waals surface area contributed by atoms with Crippen molar-refractivity contribution in [1.29, 1.82) is 0 Å². The monoisotopic (exact) mass is 297 g/mol. The molecule has 2 aromatic rings. The molecule has 0 spiro atoms. The Bertz CT molecular complexity index is 494. The van der Waals surface area contributed by atoms with Gasteiger partial charge < -0.3 is 4.99 Å². The minimum Gasteiger partial charge on any atom is -0.481 e. The maximum Gasteiger partial charge on any atom is 0.0202 e. The Morgan fingerprint density at radius 2 is 1.88 bits per heavy atom. The number of rotatable bonds is 3. The van der Waals surface area contributed by atoms with E-state index in [1.165, 1.54) is 0 Å². The zero-order chi connectivity index (χ0) is 12.1. The number of para-hydroxylation sites is 1. The third-order valence-corrected chi connectivity index (χ3v) is 2.24. The molecule has 2 heteroatoms. The number of hydrogen-bond acceptors (Lipinski definition) is 1. The van der Waals surface area contributed by atoms with Crippen molar-refractivity contribution in [2.75, 3.05) is 0 Å². The minimum atomic E-state index is -0.940. The summed E-state index contributed by atoms with van der Waals surface area (Å²) in [6.07, 6.45) is 2.85. The Morgan fingerprint density at radius 3 is 2.53 bits per heavy atom. The van der Waals surface area contributed by atoms with Gasteiger partial charge in [0.1, 0.15) is 0 Å². The van der Waals surface area contributed by atoms with Crippen LogP contribution in [0.5, 0.6) is 0 Å². The average molecular weight is 297 g/mol. The standard InChI is InChI=1S/C15H13N.Y/c1-13(14-8-4-2-5-9-14)12-16-15-10-6-3-7-11-15;/h2-10,13H,1H3;/q-2;/i13D;. The van der Waals surface area contributed by atoms with E-state index in [1.807, 2.05) is 48.5 Å². The Morgan fingerprint density at radius 1 is 1.18 bits per heavy atom. The Labute approximate surface area is 129 Å². The van der Waals surface area contributed by atoms with Gasteiger partial charge in [-0.25, -0.2) is 11.8 Å². The molecule has 1 unspecified atom stereocenters.